The molecule has 0 bridgehead atoms. The fourth-order valence-electron chi connectivity index (χ4n) is 1.70. The van der Waals surface area contributed by atoms with Gasteiger partial charge in [0, 0.05) is 23.3 Å². The fraction of sp³-hybridized carbons (Fsp3) is 0.143. The number of non-ortho nitro benzene ring substituents is 1. The lowest BCUT2D eigenvalue weighted by Crippen LogP contribution is -2.17. The van der Waals surface area contributed by atoms with Crippen LogP contribution in [0.1, 0.15) is 15.9 Å². The third-order valence-electron chi connectivity index (χ3n) is 2.78. The molecule has 1 amide bonds. The monoisotopic (exact) mass is 351 g/mol. The summed E-state index contributed by atoms with van der Waals surface area (Å²) >= 11 is 3.07. The first-order valence-corrected chi connectivity index (χ1v) is 8.39. The Morgan fingerprint density at radius 3 is 2.91 bits per heavy atom. The normalized spacial score (nSPS) is 10.7. The van der Waals surface area contributed by atoms with Gasteiger partial charge in [0.05, 0.1) is 22.5 Å². The van der Waals surface area contributed by atoms with Gasteiger partial charge in [0.25, 0.3) is 11.6 Å². The third-order valence-corrected chi connectivity index (χ3v) is 4.95. The first-order chi connectivity index (χ1) is 11.0. The maximum absolute atomic E-state index is 11.9. The second-order valence-corrected chi connectivity index (χ2v) is 6.34. The zero-order chi connectivity index (χ0) is 16.8. The average Bonchev–Trinajstić information content (AvgIpc) is 2.97. The molecule has 1 aromatic carbocycles. The van der Waals surface area contributed by atoms with Gasteiger partial charge in [-0.15, -0.1) is 11.8 Å². The molecule has 9 heteroatoms. The summed E-state index contributed by atoms with van der Waals surface area (Å²) in [6, 6.07) is 7.34. The minimum atomic E-state index is -0.555. The molecule has 0 saturated heterocycles. The molecule has 120 valence electrons. The molecule has 0 atom stereocenters. The lowest BCUT2D eigenvalue weighted by atomic mass is 10.2. The smallest absolute Gasteiger partial charge is 0.271 e. The van der Waals surface area contributed by atoms with E-state index in [1.807, 2.05) is 12.3 Å². The van der Waals surface area contributed by atoms with E-state index in [4.69, 9.17) is 4.74 Å². The van der Waals surface area contributed by atoms with E-state index in [0.717, 1.165) is 9.77 Å². The molecule has 1 N–H and O–H groups in total. The van der Waals surface area contributed by atoms with E-state index in [2.05, 4.69) is 10.5 Å². The first kappa shape index (κ1) is 17.0. The number of nitro groups is 1. The van der Waals surface area contributed by atoms with Crippen molar-refractivity contribution in [2.45, 2.75) is 4.21 Å². The first-order valence-electron chi connectivity index (χ1n) is 6.35. The van der Waals surface area contributed by atoms with Gasteiger partial charge >= 0.3 is 0 Å². The molecule has 2 rings (SSSR count). The van der Waals surface area contributed by atoms with Crippen molar-refractivity contribution in [3.05, 3.63) is 51.6 Å². The van der Waals surface area contributed by atoms with E-state index in [-0.39, 0.29) is 11.3 Å². The third kappa shape index (κ3) is 4.30. The average molecular weight is 351 g/mol. The van der Waals surface area contributed by atoms with Crippen molar-refractivity contribution >= 4 is 40.9 Å². The lowest BCUT2D eigenvalue weighted by Gasteiger charge is -2.00. The second kappa shape index (κ2) is 7.75. The minimum absolute atomic E-state index is 0.147. The highest BCUT2D eigenvalue weighted by atomic mass is 32.2. The number of hydrazone groups is 1. The molecule has 1 heterocycles. The van der Waals surface area contributed by atoms with Crippen LogP contribution in [0.25, 0.3) is 0 Å². The van der Waals surface area contributed by atoms with Crippen molar-refractivity contribution in [1.29, 1.82) is 0 Å². The Bertz CT molecular complexity index is 758. The van der Waals surface area contributed by atoms with Crippen LogP contribution in [0.5, 0.6) is 5.06 Å². The molecule has 0 unspecified atom stereocenters. The van der Waals surface area contributed by atoms with Gasteiger partial charge in [-0.25, -0.2) is 5.43 Å². The predicted molar refractivity (Wildman–Crippen MR) is 90.8 cm³/mol. The van der Waals surface area contributed by atoms with Crippen LogP contribution in [-0.4, -0.2) is 30.4 Å². The van der Waals surface area contributed by atoms with Crippen LogP contribution in [0.2, 0.25) is 0 Å². The molecule has 0 spiro atoms. The van der Waals surface area contributed by atoms with E-state index in [1.54, 1.807) is 18.9 Å². The Hall–Kier alpha value is -2.39. The molecule has 1 aromatic heterocycles. The fourth-order valence-corrected chi connectivity index (χ4v) is 3.19. The van der Waals surface area contributed by atoms with Crippen LogP contribution < -0.4 is 10.2 Å². The number of nitrogens with one attached hydrogen (secondary N) is 1. The van der Waals surface area contributed by atoms with Gasteiger partial charge in [0.1, 0.15) is 0 Å². The van der Waals surface area contributed by atoms with E-state index < -0.39 is 10.8 Å². The highest BCUT2D eigenvalue weighted by Gasteiger charge is 2.11. The summed E-state index contributed by atoms with van der Waals surface area (Å²) < 4.78 is 6.30. The number of ether oxygens (including phenoxy) is 1. The molecule has 0 aliphatic heterocycles. The number of thioether (sulfide) groups is 1. The van der Waals surface area contributed by atoms with Gasteiger partial charge in [0.2, 0.25) is 0 Å². The van der Waals surface area contributed by atoms with Gasteiger partial charge < -0.3 is 4.74 Å². The van der Waals surface area contributed by atoms with E-state index in [0.29, 0.717) is 5.06 Å². The molecule has 0 aliphatic rings. The Morgan fingerprint density at radius 2 is 2.26 bits per heavy atom. The molecule has 0 fully saturated rings. The summed E-state index contributed by atoms with van der Waals surface area (Å²) in [4.78, 5) is 22.1. The number of hydrogen-bond donors (Lipinski definition) is 1. The van der Waals surface area contributed by atoms with Crippen LogP contribution in [0, 0.1) is 10.1 Å². The van der Waals surface area contributed by atoms with Crippen molar-refractivity contribution in [2.24, 2.45) is 5.10 Å². The van der Waals surface area contributed by atoms with Gasteiger partial charge in [0.15, 0.2) is 5.06 Å². The van der Waals surface area contributed by atoms with Crippen molar-refractivity contribution in [2.75, 3.05) is 13.4 Å². The van der Waals surface area contributed by atoms with E-state index in [9.17, 15) is 14.9 Å². The number of nitro benzene ring substituents is 1. The summed E-state index contributed by atoms with van der Waals surface area (Å²) in [5.74, 6) is -0.524. The summed E-state index contributed by atoms with van der Waals surface area (Å²) in [6.45, 7) is 0. The number of benzene rings is 1. The largest absolute Gasteiger partial charge is 0.487 e. The molecule has 7 nitrogen and oxygen atoms in total. The number of thiophene rings is 1. The quantitative estimate of drug-likeness (QED) is 0.373. The molecule has 23 heavy (non-hydrogen) atoms. The van der Waals surface area contributed by atoms with Crippen LogP contribution in [0.3, 0.4) is 0 Å². The predicted octanol–water partition coefficient (Wildman–Crippen LogP) is 3.15. The number of carbonyl (C=O) groups is 1. The summed E-state index contributed by atoms with van der Waals surface area (Å²) in [6.07, 6.45) is 3.43. The van der Waals surface area contributed by atoms with Crippen molar-refractivity contribution in [1.82, 2.24) is 5.43 Å². The van der Waals surface area contributed by atoms with Crippen molar-refractivity contribution in [3.63, 3.8) is 0 Å². The molecule has 2 aromatic rings. The maximum atomic E-state index is 11.9. The summed E-state index contributed by atoms with van der Waals surface area (Å²) in [5.41, 5.74) is 3.11. The minimum Gasteiger partial charge on any atom is -0.487 e. The van der Waals surface area contributed by atoms with Crippen molar-refractivity contribution in [3.8, 4) is 5.06 Å². The van der Waals surface area contributed by atoms with Crippen LogP contribution in [0.4, 0.5) is 5.69 Å². The summed E-state index contributed by atoms with van der Waals surface area (Å²) in [7, 11) is 1.56. The van der Waals surface area contributed by atoms with Gasteiger partial charge in [-0.1, -0.05) is 17.4 Å². The number of hydrogen-bond acceptors (Lipinski definition) is 7. The number of amides is 1. The zero-order valence-electron chi connectivity index (χ0n) is 12.3. The Balaban J connectivity index is 2.08. The van der Waals surface area contributed by atoms with Gasteiger partial charge in [-0.05, 0) is 18.4 Å². The zero-order valence-corrected chi connectivity index (χ0v) is 13.9. The van der Waals surface area contributed by atoms with Crippen LogP contribution in [-0.2, 0) is 0 Å². The Labute approximate surface area is 140 Å². The number of carbonyl (C=O) groups excluding carboxylic acids is 1. The summed E-state index contributed by atoms with van der Waals surface area (Å²) in [5, 5.41) is 15.3. The van der Waals surface area contributed by atoms with E-state index >= 15 is 0 Å². The van der Waals surface area contributed by atoms with Gasteiger partial charge in [-0.3, -0.25) is 14.9 Å². The van der Waals surface area contributed by atoms with E-state index in [1.165, 1.54) is 41.8 Å². The number of nitrogens with zero attached hydrogens (tertiary/aromatic N) is 2. The lowest BCUT2D eigenvalue weighted by molar-refractivity contribution is -0.384. The molecule has 0 saturated carbocycles. The number of methoxy groups -OCH3 is 1. The van der Waals surface area contributed by atoms with Gasteiger partial charge in [-0.2, -0.15) is 5.10 Å². The standard InChI is InChI=1S/C14H13N3O4S2/c1-21-14-10(7-12(22-2)23-14)8-15-16-13(18)9-4-3-5-11(6-9)17(19)20/h3-8H,1-2H3,(H,16,18)/b15-8-. The molecular formula is C14H13N3O4S2. The Kier molecular flexibility index (Phi) is 5.72. The second-order valence-electron chi connectivity index (χ2n) is 4.22. The Morgan fingerprint density at radius 1 is 1.48 bits per heavy atom. The SMILES string of the molecule is COc1sc(SC)cc1/C=N\NC(=O)c1cccc([N+](=O)[O-])c1. The molecular weight excluding hydrogens is 338 g/mol. The number of rotatable bonds is 6. The van der Waals surface area contributed by atoms with Crippen LogP contribution >= 0.6 is 23.1 Å². The molecule has 0 aliphatic carbocycles. The molecule has 0 radical (unpaired) electrons. The highest BCUT2D eigenvalue weighted by molar-refractivity contribution is 8.00. The highest BCUT2D eigenvalue weighted by Crippen LogP contribution is 2.34. The van der Waals surface area contributed by atoms with Crippen LogP contribution in [0.15, 0.2) is 39.6 Å². The van der Waals surface area contributed by atoms with Crippen molar-refractivity contribution < 1.29 is 14.5 Å². The topological polar surface area (TPSA) is 93.8 Å². The maximum Gasteiger partial charge on any atom is 0.271 e.